The first-order chi connectivity index (χ1) is 12.5. The van der Waals surface area contributed by atoms with Crippen molar-refractivity contribution in [3.63, 3.8) is 0 Å². The van der Waals surface area contributed by atoms with Gasteiger partial charge in [-0.1, -0.05) is 112 Å². The van der Waals surface area contributed by atoms with Crippen molar-refractivity contribution in [2.75, 3.05) is 0 Å². The largest absolute Gasteiger partial charge is 0.0587 e. The SMILES string of the molecule is CC(C)c1cc(C(C)C)cc(C(C)C)c1.CC(C)c1ccc(C(C)C)cc1. The molecule has 2 rings (SSSR count). The van der Waals surface area contributed by atoms with Crippen LogP contribution in [0.25, 0.3) is 0 Å². The van der Waals surface area contributed by atoms with Gasteiger partial charge in [-0.05, 0) is 57.4 Å². The van der Waals surface area contributed by atoms with E-state index in [1.807, 2.05) is 0 Å². The van der Waals surface area contributed by atoms with Gasteiger partial charge in [0.1, 0.15) is 0 Å². The van der Waals surface area contributed by atoms with E-state index in [0.717, 1.165) is 0 Å². The summed E-state index contributed by atoms with van der Waals surface area (Å²) in [6, 6.07) is 16.0. The lowest BCUT2D eigenvalue weighted by Crippen LogP contribution is -1.98. The molecule has 0 aliphatic carbocycles. The Bertz CT molecular complexity index is 578. The highest BCUT2D eigenvalue weighted by Crippen LogP contribution is 2.26. The highest BCUT2D eigenvalue weighted by molar-refractivity contribution is 5.35. The zero-order valence-corrected chi connectivity index (χ0v) is 19.4. The zero-order chi connectivity index (χ0) is 20.7. The van der Waals surface area contributed by atoms with Gasteiger partial charge in [-0.3, -0.25) is 0 Å². The molecule has 0 N–H and O–H groups in total. The first-order valence-electron chi connectivity index (χ1n) is 10.8. The van der Waals surface area contributed by atoms with E-state index in [0.29, 0.717) is 29.6 Å². The quantitative estimate of drug-likeness (QED) is 0.495. The molecule has 0 aliphatic rings. The summed E-state index contributed by atoms with van der Waals surface area (Å²) < 4.78 is 0. The molecule has 2 aromatic rings. The maximum Gasteiger partial charge on any atom is -0.0219 e. The van der Waals surface area contributed by atoms with Gasteiger partial charge in [-0.25, -0.2) is 0 Å². The molecule has 0 atom stereocenters. The summed E-state index contributed by atoms with van der Waals surface area (Å²) in [5.74, 6) is 3.17. The summed E-state index contributed by atoms with van der Waals surface area (Å²) in [7, 11) is 0. The van der Waals surface area contributed by atoms with Crippen molar-refractivity contribution in [1.29, 1.82) is 0 Å². The van der Waals surface area contributed by atoms with E-state index in [2.05, 4.69) is 112 Å². The van der Waals surface area contributed by atoms with Crippen LogP contribution in [0.4, 0.5) is 0 Å². The molecule has 150 valence electrons. The third kappa shape index (κ3) is 7.53. The smallest absolute Gasteiger partial charge is 0.0219 e. The standard InChI is InChI=1S/C15H24.C12H18/c1-10(2)13-7-14(11(3)4)9-15(8-13)12(5)6;1-9(2)11-5-7-12(8-6-11)10(3)4/h7-12H,1-6H3;5-10H,1-4H3. The van der Waals surface area contributed by atoms with Gasteiger partial charge < -0.3 is 0 Å². The van der Waals surface area contributed by atoms with E-state index < -0.39 is 0 Å². The summed E-state index contributed by atoms with van der Waals surface area (Å²) in [5.41, 5.74) is 7.29. The van der Waals surface area contributed by atoms with Crippen molar-refractivity contribution in [2.24, 2.45) is 0 Å². The lowest BCUT2D eigenvalue weighted by molar-refractivity contribution is 0.804. The van der Waals surface area contributed by atoms with Crippen LogP contribution in [0, 0.1) is 0 Å². The third-order valence-corrected chi connectivity index (χ3v) is 5.27. The Hall–Kier alpha value is -1.56. The minimum Gasteiger partial charge on any atom is -0.0587 e. The molecule has 2 aromatic carbocycles. The molecule has 0 aromatic heterocycles. The van der Waals surface area contributed by atoms with Crippen molar-refractivity contribution in [1.82, 2.24) is 0 Å². The Balaban J connectivity index is 0.000000277. The summed E-state index contributed by atoms with van der Waals surface area (Å²) in [6.45, 7) is 22.5. The molecule has 0 spiro atoms. The molecule has 0 unspecified atom stereocenters. The topological polar surface area (TPSA) is 0 Å². The normalized spacial score (nSPS) is 11.5. The van der Waals surface area contributed by atoms with Crippen LogP contribution in [0.15, 0.2) is 42.5 Å². The molecular formula is C27H42. The average Bonchev–Trinajstić information content (AvgIpc) is 2.61. The van der Waals surface area contributed by atoms with Gasteiger partial charge in [-0.2, -0.15) is 0 Å². The van der Waals surface area contributed by atoms with E-state index in [1.54, 1.807) is 0 Å². The van der Waals surface area contributed by atoms with Gasteiger partial charge in [0.05, 0.1) is 0 Å². The van der Waals surface area contributed by atoms with Crippen molar-refractivity contribution in [3.8, 4) is 0 Å². The van der Waals surface area contributed by atoms with Crippen LogP contribution in [0.1, 0.15) is 127 Å². The Kier molecular flexibility index (Phi) is 9.30. The number of hydrogen-bond donors (Lipinski definition) is 0. The molecule has 0 heteroatoms. The van der Waals surface area contributed by atoms with Gasteiger partial charge in [0, 0.05) is 0 Å². The van der Waals surface area contributed by atoms with Crippen LogP contribution in [0.5, 0.6) is 0 Å². The summed E-state index contributed by atoms with van der Waals surface area (Å²) in [4.78, 5) is 0. The minimum atomic E-state index is 0.626. The van der Waals surface area contributed by atoms with Crippen molar-refractivity contribution in [3.05, 3.63) is 70.3 Å². The summed E-state index contributed by atoms with van der Waals surface area (Å²) in [6.07, 6.45) is 0. The van der Waals surface area contributed by atoms with E-state index in [4.69, 9.17) is 0 Å². The van der Waals surface area contributed by atoms with E-state index in [-0.39, 0.29) is 0 Å². The van der Waals surface area contributed by atoms with Crippen LogP contribution in [-0.2, 0) is 0 Å². The molecule has 0 saturated heterocycles. The predicted molar refractivity (Wildman–Crippen MR) is 123 cm³/mol. The molecule has 0 heterocycles. The average molecular weight is 367 g/mol. The molecule has 0 fully saturated rings. The zero-order valence-electron chi connectivity index (χ0n) is 19.4. The van der Waals surface area contributed by atoms with Crippen molar-refractivity contribution < 1.29 is 0 Å². The first kappa shape index (κ1) is 23.5. The van der Waals surface area contributed by atoms with E-state index >= 15 is 0 Å². The molecule has 0 nitrogen and oxygen atoms in total. The number of rotatable bonds is 5. The Labute approximate surface area is 169 Å². The molecule has 0 amide bonds. The number of benzene rings is 2. The predicted octanol–water partition coefficient (Wildman–Crippen LogP) is 8.99. The van der Waals surface area contributed by atoms with Gasteiger partial charge in [0.25, 0.3) is 0 Å². The fraction of sp³-hybridized carbons (Fsp3) is 0.556. The summed E-state index contributed by atoms with van der Waals surface area (Å²) >= 11 is 0. The second-order valence-corrected chi connectivity index (χ2v) is 9.37. The third-order valence-electron chi connectivity index (χ3n) is 5.27. The second kappa shape index (κ2) is 10.7. The van der Waals surface area contributed by atoms with Crippen molar-refractivity contribution in [2.45, 2.75) is 98.8 Å². The second-order valence-electron chi connectivity index (χ2n) is 9.37. The first-order valence-corrected chi connectivity index (χ1v) is 10.8. The minimum absolute atomic E-state index is 0.626. The lowest BCUT2D eigenvalue weighted by Gasteiger charge is -2.16. The molecule has 0 aliphatic heterocycles. The molecular weight excluding hydrogens is 324 g/mol. The summed E-state index contributed by atoms with van der Waals surface area (Å²) in [5, 5.41) is 0. The molecule has 27 heavy (non-hydrogen) atoms. The fourth-order valence-corrected chi connectivity index (χ4v) is 2.97. The Morgan fingerprint density at radius 2 is 0.519 bits per heavy atom. The molecule has 0 bridgehead atoms. The van der Waals surface area contributed by atoms with E-state index in [1.165, 1.54) is 27.8 Å². The van der Waals surface area contributed by atoms with Crippen LogP contribution < -0.4 is 0 Å². The Morgan fingerprint density at radius 3 is 0.667 bits per heavy atom. The Morgan fingerprint density at radius 1 is 0.333 bits per heavy atom. The van der Waals surface area contributed by atoms with E-state index in [9.17, 15) is 0 Å². The highest BCUT2D eigenvalue weighted by Gasteiger charge is 2.08. The fourth-order valence-electron chi connectivity index (χ4n) is 2.97. The monoisotopic (exact) mass is 366 g/mol. The number of hydrogen-bond acceptors (Lipinski definition) is 0. The lowest BCUT2D eigenvalue weighted by atomic mass is 9.90. The van der Waals surface area contributed by atoms with Crippen LogP contribution >= 0.6 is 0 Å². The molecule has 0 radical (unpaired) electrons. The van der Waals surface area contributed by atoms with Gasteiger partial charge in [0.2, 0.25) is 0 Å². The van der Waals surface area contributed by atoms with Gasteiger partial charge >= 0.3 is 0 Å². The van der Waals surface area contributed by atoms with Crippen molar-refractivity contribution >= 4 is 0 Å². The maximum atomic E-state index is 2.36. The highest BCUT2D eigenvalue weighted by atomic mass is 14.1. The van der Waals surface area contributed by atoms with Crippen LogP contribution in [0.3, 0.4) is 0 Å². The maximum absolute atomic E-state index is 2.36. The van der Waals surface area contributed by atoms with Gasteiger partial charge in [-0.15, -0.1) is 0 Å². The molecule has 0 saturated carbocycles. The van der Waals surface area contributed by atoms with Crippen LogP contribution in [-0.4, -0.2) is 0 Å². The van der Waals surface area contributed by atoms with Crippen LogP contribution in [0.2, 0.25) is 0 Å². The van der Waals surface area contributed by atoms with Gasteiger partial charge in [0.15, 0.2) is 0 Å².